The van der Waals surface area contributed by atoms with E-state index in [0.717, 1.165) is 15.7 Å². The van der Waals surface area contributed by atoms with Gasteiger partial charge in [0.25, 0.3) is 10.0 Å². The number of nitriles is 1. The highest BCUT2D eigenvalue weighted by molar-refractivity contribution is 9.10. The maximum absolute atomic E-state index is 11.9. The van der Waals surface area contributed by atoms with Crippen molar-refractivity contribution in [2.45, 2.75) is 4.90 Å². The van der Waals surface area contributed by atoms with Gasteiger partial charge in [-0.3, -0.25) is 0 Å². The molecule has 30 heavy (non-hydrogen) atoms. The van der Waals surface area contributed by atoms with Crippen LogP contribution in [0.5, 0.6) is 0 Å². The first kappa shape index (κ1) is 21.5. The van der Waals surface area contributed by atoms with Gasteiger partial charge in [-0.25, -0.2) is 22.9 Å². The van der Waals surface area contributed by atoms with E-state index in [4.69, 9.17) is 5.73 Å². The van der Waals surface area contributed by atoms with E-state index in [2.05, 4.69) is 32.3 Å². The summed E-state index contributed by atoms with van der Waals surface area (Å²) in [6, 6.07) is 14.2. The van der Waals surface area contributed by atoms with E-state index in [1.807, 2.05) is 29.6 Å². The van der Waals surface area contributed by atoms with E-state index in [1.54, 1.807) is 4.72 Å². The number of hydrogen-bond acceptors (Lipinski definition) is 7. The van der Waals surface area contributed by atoms with Crippen molar-refractivity contribution in [1.82, 2.24) is 9.71 Å². The Hall–Kier alpha value is -3.20. The molecular formula is C19H14BrN5O3S2. The van der Waals surface area contributed by atoms with Gasteiger partial charge in [-0.2, -0.15) is 5.26 Å². The molecule has 0 spiro atoms. The number of urea groups is 1. The van der Waals surface area contributed by atoms with Crippen molar-refractivity contribution in [1.29, 1.82) is 5.26 Å². The van der Waals surface area contributed by atoms with Crippen LogP contribution in [0.2, 0.25) is 0 Å². The molecule has 3 aromatic rings. The summed E-state index contributed by atoms with van der Waals surface area (Å²) in [6.45, 7) is 0. The van der Waals surface area contributed by atoms with E-state index < -0.39 is 16.1 Å². The molecule has 2 amide bonds. The van der Waals surface area contributed by atoms with Gasteiger partial charge >= 0.3 is 6.03 Å². The fourth-order valence-electron chi connectivity index (χ4n) is 2.40. The number of anilines is 1. The summed E-state index contributed by atoms with van der Waals surface area (Å²) in [6.07, 6.45) is 1.49. The zero-order chi connectivity index (χ0) is 21.7. The summed E-state index contributed by atoms with van der Waals surface area (Å²) in [5.74, 6) is 0. The smallest absolute Gasteiger partial charge is 0.326 e. The minimum atomic E-state index is -4.01. The molecule has 0 radical (unpaired) electrons. The quantitative estimate of drug-likeness (QED) is 0.436. The predicted octanol–water partition coefficient (Wildman–Crippen LogP) is 3.91. The SMILES string of the molecule is N#CC(=CNc1ccc(S(=O)(=O)NC(N)=O)cc1)c1nc(-c2cccc(Br)c2)cs1. The Morgan fingerprint density at radius 2 is 1.97 bits per heavy atom. The van der Waals surface area contributed by atoms with Crippen molar-refractivity contribution < 1.29 is 13.2 Å². The number of aromatic nitrogens is 1. The topological polar surface area (TPSA) is 138 Å². The fourth-order valence-corrected chi connectivity index (χ4v) is 4.47. The monoisotopic (exact) mass is 503 g/mol. The number of nitrogens with zero attached hydrogens (tertiary/aromatic N) is 2. The van der Waals surface area contributed by atoms with Crippen LogP contribution in [0, 0.1) is 11.3 Å². The standard InChI is InChI=1S/C19H14BrN5O3S2/c20-14-3-1-2-12(8-14)17-11-29-18(24-17)13(9-21)10-23-15-4-6-16(7-5-15)30(27,28)25-19(22)26/h1-8,10-11,23H,(H3,22,25,26). The van der Waals surface area contributed by atoms with Gasteiger partial charge in [0.2, 0.25) is 0 Å². The number of rotatable bonds is 6. The lowest BCUT2D eigenvalue weighted by atomic mass is 10.2. The summed E-state index contributed by atoms with van der Waals surface area (Å²) in [5, 5.41) is 14.8. The molecule has 0 aliphatic heterocycles. The molecule has 11 heteroatoms. The van der Waals surface area contributed by atoms with Crippen molar-refractivity contribution in [3.05, 3.63) is 69.6 Å². The molecule has 0 unspecified atom stereocenters. The zero-order valence-electron chi connectivity index (χ0n) is 15.2. The molecule has 0 saturated carbocycles. The molecule has 0 fully saturated rings. The number of carbonyl (C=O) groups is 1. The van der Waals surface area contributed by atoms with E-state index in [1.165, 1.54) is 41.8 Å². The van der Waals surface area contributed by atoms with Gasteiger partial charge in [0.15, 0.2) is 0 Å². The molecule has 0 saturated heterocycles. The summed E-state index contributed by atoms with van der Waals surface area (Å²) >= 11 is 4.77. The van der Waals surface area contributed by atoms with Crippen LogP contribution in [-0.4, -0.2) is 19.4 Å². The van der Waals surface area contributed by atoms with Crippen LogP contribution in [-0.2, 0) is 10.0 Å². The minimum absolute atomic E-state index is 0.116. The van der Waals surface area contributed by atoms with E-state index in [9.17, 15) is 18.5 Å². The Kier molecular flexibility index (Phi) is 6.51. The lowest BCUT2D eigenvalue weighted by Gasteiger charge is -2.06. The van der Waals surface area contributed by atoms with E-state index >= 15 is 0 Å². The number of nitrogens with two attached hydrogens (primary N) is 1. The number of sulfonamides is 1. The number of benzene rings is 2. The molecule has 0 bridgehead atoms. The lowest BCUT2D eigenvalue weighted by molar-refractivity contribution is 0.253. The maximum atomic E-state index is 11.9. The molecule has 8 nitrogen and oxygen atoms in total. The third kappa shape index (κ3) is 5.24. The first-order chi connectivity index (χ1) is 14.3. The molecule has 1 heterocycles. The Morgan fingerprint density at radius 3 is 2.60 bits per heavy atom. The molecule has 2 aromatic carbocycles. The average Bonchev–Trinajstić information content (AvgIpc) is 3.18. The highest BCUT2D eigenvalue weighted by atomic mass is 79.9. The number of thiazole rings is 1. The average molecular weight is 504 g/mol. The fraction of sp³-hybridized carbons (Fsp3) is 0. The van der Waals surface area contributed by atoms with Gasteiger partial charge in [0, 0.05) is 27.3 Å². The predicted molar refractivity (Wildman–Crippen MR) is 119 cm³/mol. The maximum Gasteiger partial charge on any atom is 0.326 e. The number of amides is 2. The van der Waals surface area contributed by atoms with Gasteiger partial charge in [0.05, 0.1) is 10.6 Å². The second-order valence-corrected chi connectivity index (χ2v) is 9.31. The van der Waals surface area contributed by atoms with Gasteiger partial charge < -0.3 is 11.1 Å². The van der Waals surface area contributed by atoms with Crippen LogP contribution in [0.15, 0.2) is 69.5 Å². The van der Waals surface area contributed by atoms with Crippen molar-refractivity contribution >= 4 is 54.6 Å². The molecule has 0 aliphatic rings. The van der Waals surface area contributed by atoms with Crippen molar-refractivity contribution in [2.24, 2.45) is 5.73 Å². The highest BCUT2D eigenvalue weighted by Crippen LogP contribution is 2.27. The first-order valence-corrected chi connectivity index (χ1v) is 11.4. The number of halogens is 1. The summed E-state index contributed by atoms with van der Waals surface area (Å²) in [4.78, 5) is 15.2. The number of primary amides is 1. The molecule has 1 aromatic heterocycles. The third-order valence-electron chi connectivity index (χ3n) is 3.76. The van der Waals surface area contributed by atoms with Crippen LogP contribution in [0.25, 0.3) is 16.8 Å². The zero-order valence-corrected chi connectivity index (χ0v) is 18.4. The molecule has 4 N–H and O–H groups in total. The van der Waals surface area contributed by atoms with Gasteiger partial charge in [0.1, 0.15) is 16.6 Å². The van der Waals surface area contributed by atoms with Crippen LogP contribution < -0.4 is 15.8 Å². The molecular weight excluding hydrogens is 490 g/mol. The second-order valence-electron chi connectivity index (χ2n) is 5.86. The van der Waals surface area contributed by atoms with Crippen molar-refractivity contribution in [2.75, 3.05) is 5.32 Å². The van der Waals surface area contributed by atoms with Crippen LogP contribution >= 0.6 is 27.3 Å². The Bertz CT molecular complexity index is 1260. The van der Waals surface area contributed by atoms with Crippen LogP contribution in [0.1, 0.15) is 5.01 Å². The van der Waals surface area contributed by atoms with Crippen molar-refractivity contribution in [3.63, 3.8) is 0 Å². The largest absolute Gasteiger partial charge is 0.360 e. The Labute approximate surface area is 185 Å². The molecule has 0 atom stereocenters. The minimum Gasteiger partial charge on any atom is -0.360 e. The molecule has 3 rings (SSSR count). The van der Waals surface area contributed by atoms with E-state index in [0.29, 0.717) is 16.3 Å². The van der Waals surface area contributed by atoms with Gasteiger partial charge in [-0.1, -0.05) is 28.1 Å². The summed E-state index contributed by atoms with van der Waals surface area (Å²) < 4.78 is 26.4. The normalized spacial score (nSPS) is 11.5. The highest BCUT2D eigenvalue weighted by Gasteiger charge is 2.15. The summed E-state index contributed by atoms with van der Waals surface area (Å²) in [7, 11) is -4.01. The summed E-state index contributed by atoms with van der Waals surface area (Å²) in [5.41, 5.74) is 7.42. The lowest BCUT2D eigenvalue weighted by Crippen LogP contribution is -2.34. The Morgan fingerprint density at radius 1 is 1.23 bits per heavy atom. The van der Waals surface area contributed by atoms with Crippen molar-refractivity contribution in [3.8, 4) is 17.3 Å². The van der Waals surface area contributed by atoms with Crippen LogP contribution in [0.4, 0.5) is 10.5 Å². The molecule has 152 valence electrons. The first-order valence-electron chi connectivity index (χ1n) is 8.29. The third-order valence-corrected chi connectivity index (χ3v) is 6.49. The number of nitrogens with one attached hydrogen (secondary N) is 2. The molecule has 0 aliphatic carbocycles. The number of carbonyl (C=O) groups excluding carboxylic acids is 1. The second kappa shape index (κ2) is 9.08. The van der Waals surface area contributed by atoms with Gasteiger partial charge in [-0.15, -0.1) is 11.3 Å². The van der Waals surface area contributed by atoms with Crippen LogP contribution in [0.3, 0.4) is 0 Å². The Balaban J connectivity index is 1.77. The number of hydrogen-bond donors (Lipinski definition) is 3. The van der Waals surface area contributed by atoms with Gasteiger partial charge in [-0.05, 0) is 36.4 Å². The number of allylic oxidation sites excluding steroid dienone is 1. The van der Waals surface area contributed by atoms with E-state index in [-0.39, 0.29) is 4.90 Å².